The highest BCUT2D eigenvalue weighted by Gasteiger charge is 2.07. The van der Waals surface area contributed by atoms with Gasteiger partial charge in [0.1, 0.15) is 0 Å². The highest BCUT2D eigenvalue weighted by atomic mass is 32.1. The Balaban J connectivity index is 1.85. The van der Waals surface area contributed by atoms with Gasteiger partial charge >= 0.3 is 0 Å². The topological polar surface area (TPSA) is 63.8 Å². The van der Waals surface area contributed by atoms with Crippen molar-refractivity contribution >= 4 is 34.0 Å². The molecule has 3 N–H and O–H groups in total. The average molecular weight is 284 g/mol. The van der Waals surface area contributed by atoms with E-state index in [1.165, 1.54) is 15.3 Å². The molecule has 5 heteroatoms. The Kier molecular flexibility index (Phi) is 3.28. The number of nitrogens with one attached hydrogen (secondary N) is 1. The van der Waals surface area contributed by atoms with Crippen molar-refractivity contribution in [3.05, 3.63) is 45.6 Å². The van der Waals surface area contributed by atoms with E-state index < -0.39 is 0 Å². The van der Waals surface area contributed by atoms with Crippen molar-refractivity contribution in [1.29, 1.82) is 0 Å². The van der Waals surface area contributed by atoms with Crippen LogP contribution in [-0.4, -0.2) is 9.97 Å². The number of para-hydroxylation sites is 2. The molecular weight excluding hydrogens is 268 g/mol. The van der Waals surface area contributed by atoms with E-state index in [2.05, 4.69) is 35.2 Å². The van der Waals surface area contributed by atoms with Crippen molar-refractivity contribution in [1.82, 2.24) is 9.97 Å². The first-order valence-electron chi connectivity index (χ1n) is 6.45. The van der Waals surface area contributed by atoms with Gasteiger partial charge in [-0.05, 0) is 37.6 Å². The van der Waals surface area contributed by atoms with E-state index in [9.17, 15) is 0 Å². The standard InChI is InChI=1S/C15H16N4S/c1-9-7-11(20-10(9)2)8-17-15-14(16)18-12-5-3-4-6-13(12)19-15/h3-7H,8H2,1-2H3,(H2,16,18)(H,17,19). The summed E-state index contributed by atoms with van der Waals surface area (Å²) >= 11 is 1.79. The number of hydrogen-bond donors (Lipinski definition) is 2. The molecule has 0 fully saturated rings. The van der Waals surface area contributed by atoms with E-state index in [-0.39, 0.29) is 0 Å². The molecule has 0 saturated carbocycles. The van der Waals surface area contributed by atoms with Crippen LogP contribution in [0.15, 0.2) is 30.3 Å². The molecule has 0 unspecified atom stereocenters. The highest BCUT2D eigenvalue weighted by molar-refractivity contribution is 7.12. The first-order chi connectivity index (χ1) is 9.63. The molecule has 0 atom stereocenters. The van der Waals surface area contributed by atoms with E-state index >= 15 is 0 Å². The summed E-state index contributed by atoms with van der Waals surface area (Å²) < 4.78 is 0. The maximum absolute atomic E-state index is 5.95. The molecule has 2 heterocycles. The number of nitrogen functional groups attached to an aromatic ring is 1. The van der Waals surface area contributed by atoms with Crippen LogP contribution in [0.25, 0.3) is 11.0 Å². The lowest BCUT2D eigenvalue weighted by atomic mass is 10.3. The Hall–Kier alpha value is -2.14. The van der Waals surface area contributed by atoms with E-state index in [0.717, 1.165) is 17.6 Å². The third kappa shape index (κ3) is 2.44. The first kappa shape index (κ1) is 12.9. The fourth-order valence-electron chi connectivity index (χ4n) is 2.05. The number of aromatic nitrogens is 2. The molecule has 0 amide bonds. The largest absolute Gasteiger partial charge is 0.381 e. The summed E-state index contributed by atoms with van der Waals surface area (Å²) in [5, 5.41) is 3.27. The predicted molar refractivity (Wildman–Crippen MR) is 85.1 cm³/mol. The van der Waals surface area contributed by atoms with Gasteiger partial charge in [0.2, 0.25) is 0 Å². The number of aryl methyl sites for hydroxylation is 2. The average Bonchev–Trinajstić information content (AvgIpc) is 2.75. The molecule has 0 radical (unpaired) electrons. The van der Waals surface area contributed by atoms with E-state index in [0.29, 0.717) is 11.6 Å². The first-order valence-corrected chi connectivity index (χ1v) is 7.27. The van der Waals surface area contributed by atoms with E-state index in [1.807, 2.05) is 24.3 Å². The fourth-order valence-corrected chi connectivity index (χ4v) is 3.04. The van der Waals surface area contributed by atoms with Crippen molar-refractivity contribution < 1.29 is 0 Å². The summed E-state index contributed by atoms with van der Waals surface area (Å²) in [7, 11) is 0. The van der Waals surface area contributed by atoms with Crippen LogP contribution in [-0.2, 0) is 6.54 Å². The van der Waals surface area contributed by atoms with Crippen molar-refractivity contribution in [2.24, 2.45) is 0 Å². The van der Waals surface area contributed by atoms with E-state index in [1.54, 1.807) is 11.3 Å². The van der Waals surface area contributed by atoms with Gasteiger partial charge in [-0.15, -0.1) is 11.3 Å². The molecule has 4 nitrogen and oxygen atoms in total. The van der Waals surface area contributed by atoms with Gasteiger partial charge in [-0.25, -0.2) is 9.97 Å². The van der Waals surface area contributed by atoms with Crippen LogP contribution in [0.1, 0.15) is 15.3 Å². The predicted octanol–water partition coefficient (Wildman–Crippen LogP) is 3.50. The molecule has 3 aromatic rings. The fraction of sp³-hybridized carbons (Fsp3) is 0.200. The second kappa shape index (κ2) is 5.09. The molecule has 102 valence electrons. The third-order valence-corrected chi connectivity index (χ3v) is 4.40. The molecule has 3 rings (SSSR count). The maximum Gasteiger partial charge on any atom is 0.169 e. The van der Waals surface area contributed by atoms with Gasteiger partial charge in [-0.2, -0.15) is 0 Å². The molecule has 0 spiro atoms. The normalized spacial score (nSPS) is 10.9. The summed E-state index contributed by atoms with van der Waals surface area (Å²) in [4.78, 5) is 11.5. The molecule has 0 aliphatic rings. The Morgan fingerprint density at radius 3 is 2.50 bits per heavy atom. The minimum Gasteiger partial charge on any atom is -0.381 e. The Morgan fingerprint density at radius 1 is 1.15 bits per heavy atom. The van der Waals surface area contributed by atoms with Crippen molar-refractivity contribution in [2.45, 2.75) is 20.4 Å². The summed E-state index contributed by atoms with van der Waals surface area (Å²) in [5.41, 5.74) is 8.94. The van der Waals surface area contributed by atoms with Crippen LogP contribution in [0.5, 0.6) is 0 Å². The number of rotatable bonds is 3. The lowest BCUT2D eigenvalue weighted by molar-refractivity contribution is 1.14. The van der Waals surface area contributed by atoms with E-state index in [4.69, 9.17) is 5.73 Å². The van der Waals surface area contributed by atoms with Gasteiger partial charge in [0.15, 0.2) is 11.6 Å². The van der Waals surface area contributed by atoms with Gasteiger partial charge in [0.25, 0.3) is 0 Å². The van der Waals surface area contributed by atoms with Gasteiger partial charge in [-0.3, -0.25) is 0 Å². The zero-order chi connectivity index (χ0) is 14.1. The summed E-state index contributed by atoms with van der Waals surface area (Å²) in [5.74, 6) is 1.08. The van der Waals surface area contributed by atoms with Crippen molar-refractivity contribution in [3.8, 4) is 0 Å². The molecule has 0 aliphatic heterocycles. The molecule has 1 aromatic carbocycles. The quantitative estimate of drug-likeness (QED) is 0.772. The molecule has 0 bridgehead atoms. The zero-order valence-corrected chi connectivity index (χ0v) is 12.3. The lowest BCUT2D eigenvalue weighted by Gasteiger charge is -2.07. The SMILES string of the molecule is Cc1cc(CNc2nc3ccccc3nc2N)sc1C. The molecular formula is C15H16N4S. The van der Waals surface area contributed by atoms with Gasteiger partial charge in [0, 0.05) is 9.75 Å². The molecule has 0 saturated heterocycles. The Bertz CT molecular complexity index is 744. The van der Waals surface area contributed by atoms with Crippen LogP contribution in [0.3, 0.4) is 0 Å². The molecule has 0 aliphatic carbocycles. The highest BCUT2D eigenvalue weighted by Crippen LogP contribution is 2.23. The minimum atomic E-state index is 0.439. The number of nitrogens with zero attached hydrogens (tertiary/aromatic N) is 2. The Morgan fingerprint density at radius 2 is 1.85 bits per heavy atom. The van der Waals surface area contributed by atoms with Crippen LogP contribution in [0, 0.1) is 13.8 Å². The smallest absolute Gasteiger partial charge is 0.169 e. The van der Waals surface area contributed by atoms with Crippen molar-refractivity contribution in [2.75, 3.05) is 11.1 Å². The van der Waals surface area contributed by atoms with Gasteiger partial charge < -0.3 is 11.1 Å². The zero-order valence-electron chi connectivity index (χ0n) is 11.5. The summed E-state index contributed by atoms with van der Waals surface area (Å²) in [6.45, 7) is 4.98. The third-order valence-electron chi connectivity index (χ3n) is 3.24. The number of nitrogens with two attached hydrogens (primary N) is 1. The van der Waals surface area contributed by atoms with Gasteiger partial charge in [0.05, 0.1) is 17.6 Å². The number of thiophene rings is 1. The van der Waals surface area contributed by atoms with Gasteiger partial charge in [-0.1, -0.05) is 12.1 Å². The van der Waals surface area contributed by atoms with Crippen LogP contribution in [0.2, 0.25) is 0 Å². The van der Waals surface area contributed by atoms with Crippen LogP contribution < -0.4 is 11.1 Å². The van der Waals surface area contributed by atoms with Crippen LogP contribution in [0.4, 0.5) is 11.6 Å². The summed E-state index contributed by atoms with van der Waals surface area (Å²) in [6, 6.07) is 9.92. The molecule has 2 aromatic heterocycles. The number of anilines is 2. The maximum atomic E-state index is 5.95. The second-order valence-electron chi connectivity index (χ2n) is 4.75. The Labute approximate surface area is 121 Å². The number of hydrogen-bond acceptors (Lipinski definition) is 5. The number of benzene rings is 1. The van der Waals surface area contributed by atoms with Crippen LogP contribution >= 0.6 is 11.3 Å². The second-order valence-corrected chi connectivity index (χ2v) is 6.09. The number of fused-ring (bicyclic) bond motifs is 1. The lowest BCUT2D eigenvalue weighted by Crippen LogP contribution is -2.05. The monoisotopic (exact) mass is 284 g/mol. The summed E-state index contributed by atoms with van der Waals surface area (Å²) in [6.07, 6.45) is 0. The minimum absolute atomic E-state index is 0.439. The molecule has 20 heavy (non-hydrogen) atoms. The van der Waals surface area contributed by atoms with Crippen molar-refractivity contribution in [3.63, 3.8) is 0 Å².